The highest BCUT2D eigenvalue weighted by Crippen LogP contribution is 2.17. The summed E-state index contributed by atoms with van der Waals surface area (Å²) in [5, 5.41) is 0. The molecule has 0 unspecified atom stereocenters. The van der Waals surface area contributed by atoms with Crippen LogP contribution in [0, 0.1) is 0 Å². The zero-order valence-electron chi connectivity index (χ0n) is 6.97. The molecule has 0 aromatic carbocycles. The van der Waals surface area contributed by atoms with Gasteiger partial charge in [-0.1, -0.05) is 13.2 Å². The predicted octanol–water partition coefficient (Wildman–Crippen LogP) is 1.11. The summed E-state index contributed by atoms with van der Waals surface area (Å²) in [6, 6.07) is 0. The molecule has 0 aliphatic carbocycles. The Morgan fingerprint density at radius 1 is 1.27 bits per heavy atom. The van der Waals surface area contributed by atoms with Crippen molar-refractivity contribution in [3.05, 3.63) is 24.4 Å². The lowest BCUT2D eigenvalue weighted by Gasteiger charge is -2.21. The van der Waals surface area contributed by atoms with Crippen LogP contribution in [0.25, 0.3) is 0 Å². The fourth-order valence-corrected chi connectivity index (χ4v) is 1.33. The van der Waals surface area contributed by atoms with Gasteiger partial charge in [-0.3, -0.25) is 0 Å². The summed E-state index contributed by atoms with van der Waals surface area (Å²) in [5.41, 5.74) is 7.45. The minimum atomic E-state index is 0.523. The average molecular weight is 152 g/mol. The molecule has 0 radical (unpaired) electrons. The molecular formula is C9H16N2. The Hall–Kier alpha value is -0.760. The molecule has 1 rings (SSSR count). The highest BCUT2D eigenvalue weighted by atomic mass is 15.1. The molecule has 1 aliphatic rings. The van der Waals surface area contributed by atoms with Crippen molar-refractivity contribution in [3.8, 4) is 0 Å². The minimum Gasteiger partial charge on any atom is -0.372 e. The third kappa shape index (κ3) is 1.84. The Kier molecular flexibility index (Phi) is 2.71. The first-order valence-corrected chi connectivity index (χ1v) is 4.07. The van der Waals surface area contributed by atoms with Gasteiger partial charge in [-0.2, -0.15) is 0 Å². The normalized spacial score (nSPS) is 17.0. The molecule has 0 aromatic heterocycles. The van der Waals surface area contributed by atoms with Crippen LogP contribution in [0.4, 0.5) is 0 Å². The van der Waals surface area contributed by atoms with Crippen LogP contribution in [0.1, 0.15) is 12.8 Å². The molecule has 2 nitrogen and oxygen atoms in total. The Morgan fingerprint density at radius 3 is 2.27 bits per heavy atom. The van der Waals surface area contributed by atoms with E-state index < -0.39 is 0 Å². The van der Waals surface area contributed by atoms with Gasteiger partial charge >= 0.3 is 0 Å². The quantitative estimate of drug-likeness (QED) is 0.614. The molecule has 0 spiro atoms. The van der Waals surface area contributed by atoms with Crippen molar-refractivity contribution in [3.63, 3.8) is 0 Å². The Labute approximate surface area is 68.4 Å². The van der Waals surface area contributed by atoms with Gasteiger partial charge < -0.3 is 10.6 Å². The van der Waals surface area contributed by atoms with E-state index in [0.29, 0.717) is 6.54 Å². The second kappa shape index (κ2) is 3.58. The smallest absolute Gasteiger partial charge is 0.0332 e. The summed E-state index contributed by atoms with van der Waals surface area (Å²) in [6.07, 6.45) is 2.55. The molecule has 62 valence electrons. The van der Waals surface area contributed by atoms with E-state index >= 15 is 0 Å². The molecular weight excluding hydrogens is 136 g/mol. The van der Waals surface area contributed by atoms with Gasteiger partial charge in [0.25, 0.3) is 0 Å². The predicted molar refractivity (Wildman–Crippen MR) is 48.1 cm³/mol. The molecule has 11 heavy (non-hydrogen) atoms. The summed E-state index contributed by atoms with van der Waals surface area (Å²) in [6.45, 7) is 10.6. The largest absolute Gasteiger partial charge is 0.372 e. The fourth-order valence-electron chi connectivity index (χ4n) is 1.33. The van der Waals surface area contributed by atoms with Gasteiger partial charge in [0.15, 0.2) is 0 Å². The first-order valence-electron chi connectivity index (χ1n) is 4.07. The van der Waals surface area contributed by atoms with E-state index in [9.17, 15) is 0 Å². The van der Waals surface area contributed by atoms with Crippen LogP contribution in [-0.4, -0.2) is 24.5 Å². The van der Waals surface area contributed by atoms with Crippen LogP contribution >= 0.6 is 0 Å². The molecule has 2 N–H and O–H groups in total. The Morgan fingerprint density at radius 2 is 1.82 bits per heavy atom. The number of nitrogens with two attached hydrogens (primary N) is 1. The lowest BCUT2D eigenvalue weighted by molar-refractivity contribution is 0.435. The van der Waals surface area contributed by atoms with Crippen LogP contribution in [0.3, 0.4) is 0 Å². The van der Waals surface area contributed by atoms with E-state index in [1.165, 1.54) is 12.8 Å². The van der Waals surface area contributed by atoms with Gasteiger partial charge in [-0.05, 0) is 18.4 Å². The molecule has 1 heterocycles. The Bertz CT molecular complexity index is 166. The van der Waals surface area contributed by atoms with Gasteiger partial charge in [0, 0.05) is 25.3 Å². The number of hydrogen-bond acceptors (Lipinski definition) is 2. The number of likely N-dealkylation sites (tertiary alicyclic amines) is 1. The van der Waals surface area contributed by atoms with Crippen molar-refractivity contribution >= 4 is 0 Å². The third-order valence-electron chi connectivity index (χ3n) is 2.14. The van der Waals surface area contributed by atoms with Gasteiger partial charge in [0.2, 0.25) is 0 Å². The maximum atomic E-state index is 5.45. The Balaban J connectivity index is 2.46. The van der Waals surface area contributed by atoms with E-state index in [1.807, 2.05) is 0 Å². The van der Waals surface area contributed by atoms with Gasteiger partial charge in [0.05, 0.1) is 0 Å². The van der Waals surface area contributed by atoms with Crippen molar-refractivity contribution in [2.45, 2.75) is 12.8 Å². The van der Waals surface area contributed by atoms with E-state index in [4.69, 9.17) is 5.73 Å². The SMILES string of the molecule is C=C(CN)C(=C)N1CCCC1. The average Bonchev–Trinajstić information content (AvgIpc) is 2.53. The maximum Gasteiger partial charge on any atom is 0.0332 e. The molecule has 0 bridgehead atoms. The van der Waals surface area contributed by atoms with E-state index in [2.05, 4.69) is 18.1 Å². The van der Waals surface area contributed by atoms with Crippen molar-refractivity contribution in [2.75, 3.05) is 19.6 Å². The zero-order valence-corrected chi connectivity index (χ0v) is 6.97. The maximum absolute atomic E-state index is 5.45. The highest BCUT2D eigenvalue weighted by Gasteiger charge is 2.13. The van der Waals surface area contributed by atoms with Crippen LogP contribution in [0.15, 0.2) is 24.4 Å². The van der Waals surface area contributed by atoms with Crippen LogP contribution in [0.2, 0.25) is 0 Å². The molecule has 1 fully saturated rings. The summed E-state index contributed by atoms with van der Waals surface area (Å²) in [4.78, 5) is 2.26. The van der Waals surface area contributed by atoms with Crippen LogP contribution < -0.4 is 5.73 Å². The van der Waals surface area contributed by atoms with Crippen molar-refractivity contribution in [1.29, 1.82) is 0 Å². The zero-order chi connectivity index (χ0) is 8.27. The number of hydrogen-bond donors (Lipinski definition) is 1. The third-order valence-corrected chi connectivity index (χ3v) is 2.14. The van der Waals surface area contributed by atoms with Crippen molar-refractivity contribution < 1.29 is 0 Å². The first kappa shape index (κ1) is 8.34. The van der Waals surface area contributed by atoms with E-state index in [-0.39, 0.29) is 0 Å². The van der Waals surface area contributed by atoms with Gasteiger partial charge in [0.1, 0.15) is 0 Å². The van der Waals surface area contributed by atoms with Gasteiger partial charge in [-0.25, -0.2) is 0 Å². The van der Waals surface area contributed by atoms with Crippen molar-refractivity contribution in [1.82, 2.24) is 4.90 Å². The summed E-state index contributed by atoms with van der Waals surface area (Å²) >= 11 is 0. The second-order valence-electron chi connectivity index (χ2n) is 2.95. The highest BCUT2D eigenvalue weighted by molar-refractivity contribution is 5.25. The number of nitrogens with zero attached hydrogens (tertiary/aromatic N) is 1. The molecule has 0 saturated carbocycles. The molecule has 0 aromatic rings. The minimum absolute atomic E-state index is 0.523. The summed E-state index contributed by atoms with van der Waals surface area (Å²) in [7, 11) is 0. The monoisotopic (exact) mass is 152 g/mol. The fraction of sp³-hybridized carbons (Fsp3) is 0.556. The molecule has 0 atom stereocenters. The first-order chi connectivity index (χ1) is 5.25. The summed E-state index contributed by atoms with van der Waals surface area (Å²) in [5.74, 6) is 0. The lowest BCUT2D eigenvalue weighted by Crippen LogP contribution is -2.21. The molecule has 2 heteroatoms. The van der Waals surface area contributed by atoms with Crippen LogP contribution in [0.5, 0.6) is 0 Å². The molecule has 1 saturated heterocycles. The second-order valence-corrected chi connectivity index (χ2v) is 2.95. The standard InChI is InChI=1S/C9H16N2/c1-8(7-10)9(2)11-5-3-4-6-11/h1-7,10H2. The van der Waals surface area contributed by atoms with E-state index in [0.717, 1.165) is 24.4 Å². The van der Waals surface area contributed by atoms with Crippen molar-refractivity contribution in [2.24, 2.45) is 5.73 Å². The number of rotatable bonds is 3. The van der Waals surface area contributed by atoms with Gasteiger partial charge in [-0.15, -0.1) is 0 Å². The molecule has 1 aliphatic heterocycles. The lowest BCUT2D eigenvalue weighted by atomic mass is 10.2. The summed E-state index contributed by atoms with van der Waals surface area (Å²) < 4.78 is 0. The van der Waals surface area contributed by atoms with Crippen LogP contribution in [-0.2, 0) is 0 Å². The topological polar surface area (TPSA) is 29.3 Å². The van der Waals surface area contributed by atoms with E-state index in [1.54, 1.807) is 0 Å². The molecule has 0 amide bonds.